The van der Waals surface area contributed by atoms with E-state index in [-0.39, 0.29) is 0 Å². The van der Waals surface area contributed by atoms with Crippen molar-refractivity contribution in [3.05, 3.63) is 36.5 Å². The van der Waals surface area contributed by atoms with Crippen molar-refractivity contribution in [2.45, 2.75) is 19.8 Å². The summed E-state index contributed by atoms with van der Waals surface area (Å²) >= 11 is 0. The molecule has 1 aromatic carbocycles. The molecular weight excluding hydrogens is 286 g/mol. The molecule has 0 amide bonds. The molecule has 118 valence electrons. The van der Waals surface area contributed by atoms with E-state index in [0.29, 0.717) is 0 Å². The van der Waals surface area contributed by atoms with E-state index in [1.165, 1.54) is 18.2 Å². The number of benzene rings is 1. The van der Waals surface area contributed by atoms with Gasteiger partial charge in [0.1, 0.15) is 5.69 Å². The van der Waals surface area contributed by atoms with Gasteiger partial charge >= 0.3 is 0 Å². The molecule has 23 heavy (non-hydrogen) atoms. The van der Waals surface area contributed by atoms with Crippen LogP contribution in [0.2, 0.25) is 0 Å². The third-order valence-corrected chi connectivity index (χ3v) is 4.81. The lowest BCUT2D eigenvalue weighted by atomic mass is 9.98. The van der Waals surface area contributed by atoms with Crippen molar-refractivity contribution in [3.8, 4) is 11.4 Å². The normalized spacial score (nSPS) is 16.2. The van der Waals surface area contributed by atoms with E-state index in [0.717, 1.165) is 41.6 Å². The summed E-state index contributed by atoms with van der Waals surface area (Å²) in [6.07, 6.45) is 4.24. The molecular formula is C18H21N5. The average molecular weight is 307 g/mol. The van der Waals surface area contributed by atoms with Gasteiger partial charge in [-0.3, -0.25) is 4.68 Å². The van der Waals surface area contributed by atoms with Crippen molar-refractivity contribution >= 4 is 16.6 Å². The maximum absolute atomic E-state index is 4.59. The summed E-state index contributed by atoms with van der Waals surface area (Å²) in [6.45, 7) is 4.45. The average Bonchev–Trinajstić information content (AvgIpc) is 3.01. The van der Waals surface area contributed by atoms with E-state index in [1.54, 1.807) is 6.20 Å². The van der Waals surface area contributed by atoms with Gasteiger partial charge in [-0.1, -0.05) is 31.2 Å². The van der Waals surface area contributed by atoms with Gasteiger partial charge in [0.05, 0.1) is 5.69 Å². The zero-order valence-corrected chi connectivity index (χ0v) is 13.6. The van der Waals surface area contributed by atoms with Crippen LogP contribution < -0.4 is 4.90 Å². The van der Waals surface area contributed by atoms with E-state index < -0.39 is 0 Å². The first-order valence-corrected chi connectivity index (χ1v) is 8.23. The number of piperidine rings is 1. The van der Waals surface area contributed by atoms with Crippen LogP contribution in [0.15, 0.2) is 36.5 Å². The molecule has 0 atom stereocenters. The molecule has 0 saturated carbocycles. The van der Waals surface area contributed by atoms with Gasteiger partial charge in [-0.05, 0) is 24.8 Å². The summed E-state index contributed by atoms with van der Waals surface area (Å²) in [5.41, 5.74) is 1.89. The van der Waals surface area contributed by atoms with Gasteiger partial charge in [-0.25, -0.2) is 0 Å². The highest BCUT2D eigenvalue weighted by Gasteiger charge is 2.21. The van der Waals surface area contributed by atoms with Crippen LogP contribution in [0, 0.1) is 5.92 Å². The number of hydrogen-bond donors (Lipinski definition) is 0. The van der Waals surface area contributed by atoms with Gasteiger partial charge in [0.25, 0.3) is 0 Å². The summed E-state index contributed by atoms with van der Waals surface area (Å²) in [5, 5.41) is 15.7. The first-order chi connectivity index (χ1) is 11.2. The van der Waals surface area contributed by atoms with Crippen LogP contribution in [0.3, 0.4) is 0 Å². The zero-order chi connectivity index (χ0) is 15.8. The summed E-state index contributed by atoms with van der Waals surface area (Å²) in [6, 6.07) is 10.4. The minimum Gasteiger partial charge on any atom is -0.355 e. The molecule has 0 unspecified atom stereocenters. The molecule has 1 aliphatic heterocycles. The van der Waals surface area contributed by atoms with Crippen molar-refractivity contribution in [3.63, 3.8) is 0 Å². The van der Waals surface area contributed by atoms with Gasteiger partial charge in [-0.15, -0.1) is 10.2 Å². The number of anilines is 1. The summed E-state index contributed by atoms with van der Waals surface area (Å²) in [4.78, 5) is 2.38. The lowest BCUT2D eigenvalue weighted by Gasteiger charge is -2.31. The molecule has 4 rings (SSSR count). The lowest BCUT2D eigenvalue weighted by molar-refractivity contribution is 0.436. The molecule has 0 bridgehead atoms. The highest BCUT2D eigenvalue weighted by atomic mass is 15.3. The summed E-state index contributed by atoms with van der Waals surface area (Å²) in [5.74, 6) is 1.82. The van der Waals surface area contributed by atoms with E-state index >= 15 is 0 Å². The fourth-order valence-electron chi connectivity index (χ4n) is 3.34. The van der Waals surface area contributed by atoms with Gasteiger partial charge in [0, 0.05) is 37.1 Å². The lowest BCUT2D eigenvalue weighted by Crippen LogP contribution is -2.33. The number of fused-ring (bicyclic) bond motifs is 1. The second-order valence-electron chi connectivity index (χ2n) is 6.43. The van der Waals surface area contributed by atoms with Crippen molar-refractivity contribution in [1.29, 1.82) is 0 Å². The van der Waals surface area contributed by atoms with Crippen LogP contribution in [-0.2, 0) is 7.05 Å². The molecule has 5 heteroatoms. The number of aryl methyl sites for hydroxylation is 1. The fraction of sp³-hybridized carbons (Fsp3) is 0.389. The Morgan fingerprint density at radius 3 is 2.43 bits per heavy atom. The van der Waals surface area contributed by atoms with Crippen LogP contribution in [0.25, 0.3) is 22.2 Å². The summed E-state index contributed by atoms with van der Waals surface area (Å²) in [7, 11) is 1.94. The minimum absolute atomic E-state index is 0.805. The highest BCUT2D eigenvalue weighted by Crippen LogP contribution is 2.32. The van der Waals surface area contributed by atoms with Crippen molar-refractivity contribution in [2.24, 2.45) is 13.0 Å². The molecule has 0 radical (unpaired) electrons. The van der Waals surface area contributed by atoms with Gasteiger partial charge < -0.3 is 4.90 Å². The van der Waals surface area contributed by atoms with Crippen LogP contribution in [0.1, 0.15) is 19.8 Å². The van der Waals surface area contributed by atoms with Crippen LogP contribution in [0.4, 0.5) is 5.82 Å². The van der Waals surface area contributed by atoms with Crippen molar-refractivity contribution < 1.29 is 0 Å². The number of hydrogen-bond acceptors (Lipinski definition) is 4. The van der Waals surface area contributed by atoms with E-state index in [1.807, 2.05) is 17.8 Å². The number of nitrogens with zero attached hydrogens (tertiary/aromatic N) is 5. The van der Waals surface area contributed by atoms with Gasteiger partial charge in [0.2, 0.25) is 0 Å². The Bertz CT molecular complexity index is 830. The molecule has 0 spiro atoms. The van der Waals surface area contributed by atoms with Crippen LogP contribution >= 0.6 is 0 Å². The molecule has 3 aromatic rings. The molecule has 5 nitrogen and oxygen atoms in total. The SMILES string of the molecule is CC1CCN(c2nnc(-c3ccnn3C)c3ccccc23)CC1. The molecule has 1 fully saturated rings. The molecule has 3 heterocycles. The molecule has 2 aromatic heterocycles. The van der Waals surface area contributed by atoms with Crippen LogP contribution in [-0.4, -0.2) is 33.1 Å². The molecule has 1 saturated heterocycles. The number of aromatic nitrogens is 4. The zero-order valence-electron chi connectivity index (χ0n) is 13.6. The standard InChI is InChI=1S/C18H21N5/c1-13-8-11-23(12-9-13)18-15-6-4-3-5-14(15)17(20-21-18)16-7-10-19-22(16)2/h3-7,10,13H,8-9,11-12H2,1-2H3. The smallest absolute Gasteiger partial charge is 0.159 e. The molecule has 1 aliphatic rings. The van der Waals surface area contributed by atoms with Gasteiger partial charge in [-0.2, -0.15) is 5.10 Å². The quantitative estimate of drug-likeness (QED) is 0.729. The first-order valence-electron chi connectivity index (χ1n) is 8.23. The topological polar surface area (TPSA) is 46.8 Å². The Kier molecular flexibility index (Phi) is 3.48. The third kappa shape index (κ3) is 2.46. The Morgan fingerprint density at radius 1 is 1.00 bits per heavy atom. The van der Waals surface area contributed by atoms with E-state index in [9.17, 15) is 0 Å². The molecule has 0 aliphatic carbocycles. The minimum atomic E-state index is 0.805. The van der Waals surface area contributed by atoms with Crippen molar-refractivity contribution in [1.82, 2.24) is 20.0 Å². The Balaban J connectivity index is 1.84. The Labute approximate surface area is 135 Å². The second kappa shape index (κ2) is 5.65. The maximum Gasteiger partial charge on any atom is 0.159 e. The summed E-state index contributed by atoms with van der Waals surface area (Å²) < 4.78 is 1.85. The number of rotatable bonds is 2. The van der Waals surface area contributed by atoms with E-state index in [2.05, 4.69) is 51.4 Å². The monoisotopic (exact) mass is 307 g/mol. The van der Waals surface area contributed by atoms with Crippen molar-refractivity contribution in [2.75, 3.05) is 18.0 Å². The van der Waals surface area contributed by atoms with E-state index in [4.69, 9.17) is 0 Å². The fourth-order valence-corrected chi connectivity index (χ4v) is 3.34. The molecule has 0 N–H and O–H groups in total. The highest BCUT2D eigenvalue weighted by molar-refractivity contribution is 5.99. The van der Waals surface area contributed by atoms with Crippen LogP contribution in [0.5, 0.6) is 0 Å². The van der Waals surface area contributed by atoms with Gasteiger partial charge in [0.15, 0.2) is 5.82 Å². The Morgan fingerprint density at radius 2 is 1.74 bits per heavy atom. The predicted molar refractivity (Wildman–Crippen MR) is 92.4 cm³/mol. The predicted octanol–water partition coefficient (Wildman–Crippen LogP) is 3.27. The Hall–Kier alpha value is -2.43. The first kappa shape index (κ1) is 14.2. The largest absolute Gasteiger partial charge is 0.355 e. The second-order valence-corrected chi connectivity index (χ2v) is 6.43. The third-order valence-electron chi connectivity index (χ3n) is 4.81. The maximum atomic E-state index is 4.59.